The van der Waals surface area contributed by atoms with E-state index >= 15 is 0 Å². The summed E-state index contributed by atoms with van der Waals surface area (Å²) in [6, 6.07) is 1.85. The number of nitrogens with one attached hydrogen (secondary N) is 2. The Kier molecular flexibility index (Phi) is 4.61. The molecule has 126 valence electrons. The summed E-state index contributed by atoms with van der Waals surface area (Å²) < 4.78 is 0. The Morgan fingerprint density at radius 2 is 2.17 bits per heavy atom. The molecule has 7 nitrogen and oxygen atoms in total. The molecule has 0 spiro atoms. The van der Waals surface area contributed by atoms with Crippen molar-refractivity contribution in [3.05, 3.63) is 30.1 Å². The molecule has 3 heterocycles. The number of aromatic nitrogens is 2. The number of rotatable bonds is 4. The van der Waals surface area contributed by atoms with Gasteiger partial charge in [-0.25, -0.2) is 4.98 Å². The predicted octanol–water partition coefficient (Wildman–Crippen LogP) is 1.34. The molecule has 1 aliphatic heterocycles. The van der Waals surface area contributed by atoms with E-state index in [1.807, 2.05) is 6.07 Å². The Morgan fingerprint density at radius 1 is 1.42 bits per heavy atom. The quantitative estimate of drug-likeness (QED) is 0.737. The van der Waals surface area contributed by atoms with Crippen molar-refractivity contribution in [3.8, 4) is 0 Å². The minimum atomic E-state index is -0.510. The molecule has 0 aromatic carbocycles. The molecule has 1 aliphatic rings. The first kappa shape index (κ1) is 16.2. The van der Waals surface area contributed by atoms with Crippen LogP contribution in [0.1, 0.15) is 18.4 Å². The van der Waals surface area contributed by atoms with E-state index in [-0.39, 0.29) is 11.8 Å². The van der Waals surface area contributed by atoms with Crippen LogP contribution in [0.25, 0.3) is 17.1 Å². The number of aromatic amines is 1. The SMILES string of the molecule is CN1CCC(C(=O)Nc2cnc3[nH]cc(/C=C/C(N)=O)c3c2)CC1. The number of anilines is 1. The minimum absolute atomic E-state index is 0.0361. The van der Waals surface area contributed by atoms with Crippen molar-refractivity contribution < 1.29 is 9.59 Å². The molecular weight excluding hydrogens is 306 g/mol. The van der Waals surface area contributed by atoms with Crippen molar-refractivity contribution in [1.82, 2.24) is 14.9 Å². The van der Waals surface area contributed by atoms with E-state index < -0.39 is 5.91 Å². The van der Waals surface area contributed by atoms with Gasteiger partial charge in [-0.1, -0.05) is 0 Å². The van der Waals surface area contributed by atoms with E-state index in [0.29, 0.717) is 11.3 Å². The van der Waals surface area contributed by atoms with Crippen molar-refractivity contribution in [2.75, 3.05) is 25.5 Å². The predicted molar refractivity (Wildman–Crippen MR) is 93.2 cm³/mol. The lowest BCUT2D eigenvalue weighted by Gasteiger charge is -2.28. The highest BCUT2D eigenvalue weighted by atomic mass is 16.2. The average molecular weight is 327 g/mol. The number of H-pyrrole nitrogens is 1. The van der Waals surface area contributed by atoms with E-state index in [0.717, 1.165) is 36.9 Å². The highest BCUT2D eigenvalue weighted by molar-refractivity contribution is 5.97. The van der Waals surface area contributed by atoms with Crippen molar-refractivity contribution in [3.63, 3.8) is 0 Å². The maximum Gasteiger partial charge on any atom is 0.241 e. The molecule has 0 aliphatic carbocycles. The van der Waals surface area contributed by atoms with Crippen LogP contribution in [0.3, 0.4) is 0 Å². The van der Waals surface area contributed by atoms with Gasteiger partial charge in [0.25, 0.3) is 0 Å². The summed E-state index contributed by atoms with van der Waals surface area (Å²) in [5.41, 5.74) is 7.27. The van der Waals surface area contributed by atoms with Crippen molar-refractivity contribution in [1.29, 1.82) is 0 Å². The van der Waals surface area contributed by atoms with E-state index in [4.69, 9.17) is 5.73 Å². The van der Waals surface area contributed by atoms with Gasteiger partial charge in [-0.05, 0) is 45.1 Å². The summed E-state index contributed by atoms with van der Waals surface area (Å²) in [6.07, 6.45) is 8.05. The number of likely N-dealkylation sites (tertiary alicyclic amines) is 1. The van der Waals surface area contributed by atoms with Crippen LogP contribution < -0.4 is 11.1 Å². The molecule has 1 fully saturated rings. The van der Waals surface area contributed by atoms with Crippen molar-refractivity contribution >= 4 is 34.6 Å². The van der Waals surface area contributed by atoms with Gasteiger partial charge >= 0.3 is 0 Å². The zero-order chi connectivity index (χ0) is 17.1. The summed E-state index contributed by atoms with van der Waals surface area (Å²) in [7, 11) is 2.07. The number of hydrogen-bond acceptors (Lipinski definition) is 4. The zero-order valence-corrected chi connectivity index (χ0v) is 13.6. The molecule has 2 aromatic rings. The smallest absolute Gasteiger partial charge is 0.241 e. The Bertz CT molecular complexity index is 787. The summed E-state index contributed by atoms with van der Waals surface area (Å²) in [4.78, 5) is 32.9. The number of amides is 2. The fourth-order valence-electron chi connectivity index (χ4n) is 2.92. The third-order valence-corrected chi connectivity index (χ3v) is 4.35. The second kappa shape index (κ2) is 6.84. The van der Waals surface area contributed by atoms with Crippen LogP contribution in [-0.2, 0) is 9.59 Å². The lowest BCUT2D eigenvalue weighted by Crippen LogP contribution is -2.35. The van der Waals surface area contributed by atoms with Gasteiger partial charge in [-0.3, -0.25) is 9.59 Å². The second-order valence-corrected chi connectivity index (χ2v) is 6.17. The number of nitrogens with two attached hydrogens (primary N) is 1. The molecule has 0 saturated carbocycles. The van der Waals surface area contributed by atoms with Gasteiger partial charge in [0.2, 0.25) is 11.8 Å². The molecule has 1 saturated heterocycles. The van der Waals surface area contributed by atoms with Crippen LogP contribution >= 0.6 is 0 Å². The molecule has 2 amide bonds. The third-order valence-electron chi connectivity index (χ3n) is 4.35. The molecule has 4 N–H and O–H groups in total. The number of hydrogen-bond donors (Lipinski definition) is 3. The first-order valence-electron chi connectivity index (χ1n) is 7.97. The van der Waals surface area contributed by atoms with Gasteiger partial charge in [-0.2, -0.15) is 0 Å². The number of pyridine rings is 1. The van der Waals surface area contributed by atoms with Crippen molar-refractivity contribution in [2.24, 2.45) is 11.7 Å². The number of carbonyl (C=O) groups is 2. The summed E-state index contributed by atoms with van der Waals surface area (Å²) >= 11 is 0. The Hall–Kier alpha value is -2.67. The fraction of sp³-hybridized carbons (Fsp3) is 0.353. The number of carbonyl (C=O) groups excluding carboxylic acids is 2. The molecule has 3 rings (SSSR count). The van der Waals surface area contributed by atoms with Crippen LogP contribution in [0.5, 0.6) is 0 Å². The third kappa shape index (κ3) is 3.62. The molecule has 0 bridgehead atoms. The monoisotopic (exact) mass is 327 g/mol. The van der Waals surface area contributed by atoms with Crippen LogP contribution in [0.15, 0.2) is 24.5 Å². The maximum atomic E-state index is 12.4. The maximum absolute atomic E-state index is 12.4. The topological polar surface area (TPSA) is 104 Å². The van der Waals surface area contributed by atoms with E-state index in [9.17, 15) is 9.59 Å². The van der Waals surface area contributed by atoms with Gasteiger partial charge in [-0.15, -0.1) is 0 Å². The van der Waals surface area contributed by atoms with Gasteiger partial charge in [0, 0.05) is 29.1 Å². The van der Waals surface area contributed by atoms with E-state index in [1.165, 1.54) is 6.08 Å². The number of piperidine rings is 1. The fourth-order valence-corrected chi connectivity index (χ4v) is 2.92. The Balaban J connectivity index is 1.76. The lowest BCUT2D eigenvalue weighted by molar-refractivity contribution is -0.121. The Morgan fingerprint density at radius 3 is 2.88 bits per heavy atom. The number of fused-ring (bicyclic) bond motifs is 1. The highest BCUT2D eigenvalue weighted by Crippen LogP contribution is 2.23. The molecule has 0 radical (unpaired) electrons. The molecule has 0 unspecified atom stereocenters. The minimum Gasteiger partial charge on any atom is -0.366 e. The molecule has 24 heavy (non-hydrogen) atoms. The normalized spacial score (nSPS) is 16.7. The van der Waals surface area contributed by atoms with Crippen LogP contribution in [-0.4, -0.2) is 46.8 Å². The van der Waals surface area contributed by atoms with Crippen LogP contribution in [0.4, 0.5) is 5.69 Å². The molecule has 0 atom stereocenters. The van der Waals surface area contributed by atoms with Gasteiger partial charge < -0.3 is 20.9 Å². The van der Waals surface area contributed by atoms with E-state index in [2.05, 4.69) is 27.2 Å². The average Bonchev–Trinajstić information content (AvgIpc) is 2.96. The van der Waals surface area contributed by atoms with E-state index in [1.54, 1.807) is 18.5 Å². The molecule has 7 heteroatoms. The van der Waals surface area contributed by atoms with Gasteiger partial charge in [0.15, 0.2) is 0 Å². The number of primary amides is 1. The standard InChI is InChI=1S/C17H21N5O2/c1-22-6-4-11(5-7-22)17(24)21-13-8-14-12(2-3-15(18)23)9-19-16(14)20-10-13/h2-3,8-11H,4-7H2,1H3,(H2,18,23)(H,19,20)(H,21,24)/b3-2+. The summed E-state index contributed by atoms with van der Waals surface area (Å²) in [6.45, 7) is 1.88. The zero-order valence-electron chi connectivity index (χ0n) is 13.6. The van der Waals surface area contributed by atoms with Crippen LogP contribution in [0.2, 0.25) is 0 Å². The summed E-state index contributed by atoms with van der Waals surface area (Å²) in [5.74, 6) is -0.435. The second-order valence-electron chi connectivity index (χ2n) is 6.17. The highest BCUT2D eigenvalue weighted by Gasteiger charge is 2.23. The number of nitrogens with zero attached hydrogens (tertiary/aromatic N) is 2. The molecule has 2 aromatic heterocycles. The lowest BCUT2D eigenvalue weighted by atomic mass is 9.96. The van der Waals surface area contributed by atoms with Gasteiger partial charge in [0.1, 0.15) is 5.65 Å². The summed E-state index contributed by atoms with van der Waals surface area (Å²) in [5, 5.41) is 3.78. The first-order valence-corrected chi connectivity index (χ1v) is 7.97. The van der Waals surface area contributed by atoms with Gasteiger partial charge in [0.05, 0.1) is 11.9 Å². The van der Waals surface area contributed by atoms with Crippen molar-refractivity contribution in [2.45, 2.75) is 12.8 Å². The van der Waals surface area contributed by atoms with Crippen LogP contribution in [0, 0.1) is 5.92 Å². The molecular formula is C17H21N5O2. The Labute approximate surface area is 139 Å². The largest absolute Gasteiger partial charge is 0.366 e. The first-order chi connectivity index (χ1) is 11.5.